The van der Waals surface area contributed by atoms with Crippen LogP contribution in [0.15, 0.2) is 59.1 Å². The third-order valence-corrected chi connectivity index (χ3v) is 6.00. The summed E-state index contributed by atoms with van der Waals surface area (Å²) in [6.07, 6.45) is 1.87. The third kappa shape index (κ3) is 5.87. The number of halogens is 1. The molecule has 168 valence electrons. The Labute approximate surface area is 193 Å². The minimum atomic E-state index is -0.0237. The summed E-state index contributed by atoms with van der Waals surface area (Å²) in [5, 5.41) is 7.84. The van der Waals surface area contributed by atoms with E-state index in [4.69, 9.17) is 16.1 Å². The lowest BCUT2D eigenvalue weighted by Gasteiger charge is -2.31. The highest BCUT2D eigenvalue weighted by Gasteiger charge is 2.26. The van der Waals surface area contributed by atoms with Crippen LogP contribution in [0.1, 0.15) is 18.7 Å². The van der Waals surface area contributed by atoms with Gasteiger partial charge < -0.3 is 14.7 Å². The predicted octanol–water partition coefficient (Wildman–Crippen LogP) is 3.85. The molecule has 2 heterocycles. The summed E-state index contributed by atoms with van der Waals surface area (Å²) in [5.41, 5.74) is 2.00. The average Bonchev–Trinajstić information content (AvgIpc) is 3.28. The van der Waals surface area contributed by atoms with E-state index < -0.39 is 0 Å². The van der Waals surface area contributed by atoms with Crippen molar-refractivity contribution < 1.29 is 9.32 Å². The van der Waals surface area contributed by atoms with Crippen LogP contribution in [0.3, 0.4) is 0 Å². The molecule has 0 bridgehead atoms. The molecule has 0 aliphatic carbocycles. The van der Waals surface area contributed by atoms with E-state index in [9.17, 15) is 4.79 Å². The molecule has 1 fully saturated rings. The molecular weight excluding hydrogens is 426 g/mol. The molecule has 0 spiro atoms. The SMILES string of the molecule is CN(CCNC(=O)C1CCCN(Cc2nc(-c3ccc(Cl)cc3)no2)C1)c1ccccc1. The van der Waals surface area contributed by atoms with Gasteiger partial charge in [0.05, 0.1) is 12.5 Å². The summed E-state index contributed by atoms with van der Waals surface area (Å²) in [6, 6.07) is 17.5. The number of anilines is 1. The molecule has 1 saturated heterocycles. The number of hydrogen-bond donors (Lipinski definition) is 1. The molecule has 4 rings (SSSR count). The quantitative estimate of drug-likeness (QED) is 0.558. The summed E-state index contributed by atoms with van der Waals surface area (Å²) in [4.78, 5) is 21.6. The second-order valence-electron chi connectivity index (χ2n) is 8.14. The van der Waals surface area contributed by atoms with Crippen LogP contribution in [-0.2, 0) is 11.3 Å². The molecular formula is C24H28ClN5O2. The molecule has 1 atom stereocenters. The number of likely N-dealkylation sites (N-methyl/N-ethyl adjacent to an activating group) is 1. The van der Waals surface area contributed by atoms with Crippen LogP contribution in [-0.4, -0.2) is 54.2 Å². The number of rotatable bonds is 8. The first-order valence-corrected chi connectivity index (χ1v) is 11.3. The van der Waals surface area contributed by atoms with Crippen LogP contribution in [0.5, 0.6) is 0 Å². The van der Waals surface area contributed by atoms with E-state index in [1.165, 1.54) is 0 Å². The average molecular weight is 454 g/mol. The van der Waals surface area contributed by atoms with Crippen molar-refractivity contribution in [2.75, 3.05) is 38.1 Å². The first-order valence-electron chi connectivity index (χ1n) is 10.9. The Kier molecular flexibility index (Phi) is 7.39. The summed E-state index contributed by atoms with van der Waals surface area (Å²) in [6.45, 7) is 3.54. The standard InChI is InChI=1S/C24H28ClN5O2/c1-29(21-7-3-2-4-8-21)15-13-26-24(31)19-6-5-14-30(16-19)17-22-27-23(28-32-22)18-9-11-20(25)12-10-18/h2-4,7-12,19H,5-6,13-17H2,1H3,(H,26,31). The second-order valence-corrected chi connectivity index (χ2v) is 8.58. The van der Waals surface area contributed by atoms with Crippen LogP contribution in [0.25, 0.3) is 11.4 Å². The topological polar surface area (TPSA) is 74.5 Å². The van der Waals surface area contributed by atoms with Gasteiger partial charge in [0.1, 0.15) is 0 Å². The lowest BCUT2D eigenvalue weighted by atomic mass is 9.97. The van der Waals surface area contributed by atoms with E-state index >= 15 is 0 Å². The first-order chi connectivity index (χ1) is 15.6. The first kappa shape index (κ1) is 22.3. The number of aromatic nitrogens is 2. The van der Waals surface area contributed by atoms with Crippen molar-refractivity contribution >= 4 is 23.2 Å². The van der Waals surface area contributed by atoms with Crippen LogP contribution < -0.4 is 10.2 Å². The zero-order valence-corrected chi connectivity index (χ0v) is 19.0. The molecule has 3 aromatic rings. The van der Waals surface area contributed by atoms with Gasteiger partial charge in [0, 0.05) is 43.0 Å². The number of carbonyl (C=O) groups is 1. The molecule has 0 saturated carbocycles. The minimum absolute atomic E-state index is 0.0237. The van der Waals surface area contributed by atoms with Gasteiger partial charge in [0.25, 0.3) is 0 Å². The molecule has 1 unspecified atom stereocenters. The van der Waals surface area contributed by atoms with Gasteiger partial charge in [-0.3, -0.25) is 9.69 Å². The van der Waals surface area contributed by atoms with Crippen molar-refractivity contribution in [3.8, 4) is 11.4 Å². The van der Waals surface area contributed by atoms with Gasteiger partial charge in [-0.2, -0.15) is 4.98 Å². The number of piperidine rings is 1. The molecule has 1 amide bonds. The number of carbonyl (C=O) groups excluding carboxylic acids is 1. The monoisotopic (exact) mass is 453 g/mol. The highest BCUT2D eigenvalue weighted by molar-refractivity contribution is 6.30. The maximum absolute atomic E-state index is 12.7. The number of nitrogens with one attached hydrogen (secondary N) is 1. The van der Waals surface area contributed by atoms with Crippen LogP contribution in [0.4, 0.5) is 5.69 Å². The third-order valence-electron chi connectivity index (χ3n) is 5.75. The Morgan fingerprint density at radius 2 is 2.00 bits per heavy atom. The van der Waals surface area contributed by atoms with Crippen molar-refractivity contribution in [1.29, 1.82) is 0 Å². The van der Waals surface area contributed by atoms with E-state index in [-0.39, 0.29) is 11.8 Å². The molecule has 0 radical (unpaired) electrons. The van der Waals surface area contributed by atoms with Crippen LogP contribution >= 0.6 is 11.6 Å². The zero-order chi connectivity index (χ0) is 22.3. The zero-order valence-electron chi connectivity index (χ0n) is 18.2. The van der Waals surface area contributed by atoms with E-state index in [1.54, 1.807) is 12.1 Å². The van der Waals surface area contributed by atoms with Crippen LogP contribution in [0, 0.1) is 5.92 Å². The molecule has 2 aromatic carbocycles. The summed E-state index contributed by atoms with van der Waals surface area (Å²) < 4.78 is 5.44. The lowest BCUT2D eigenvalue weighted by molar-refractivity contribution is -0.126. The van der Waals surface area contributed by atoms with Gasteiger partial charge in [-0.1, -0.05) is 35.0 Å². The molecule has 8 heteroatoms. The summed E-state index contributed by atoms with van der Waals surface area (Å²) >= 11 is 5.94. The van der Waals surface area contributed by atoms with E-state index in [2.05, 4.69) is 37.4 Å². The van der Waals surface area contributed by atoms with Crippen molar-refractivity contribution in [1.82, 2.24) is 20.4 Å². The van der Waals surface area contributed by atoms with E-state index in [0.717, 1.165) is 37.2 Å². The van der Waals surface area contributed by atoms with Gasteiger partial charge in [-0.25, -0.2) is 0 Å². The number of likely N-dealkylation sites (tertiary alicyclic amines) is 1. The number of benzene rings is 2. The minimum Gasteiger partial charge on any atom is -0.373 e. The Morgan fingerprint density at radius 1 is 1.22 bits per heavy atom. The fraction of sp³-hybridized carbons (Fsp3) is 0.375. The van der Waals surface area contributed by atoms with Gasteiger partial charge in [-0.15, -0.1) is 0 Å². The smallest absolute Gasteiger partial charge is 0.241 e. The lowest BCUT2D eigenvalue weighted by Crippen LogP contribution is -2.44. The number of para-hydroxylation sites is 1. The number of hydrogen-bond acceptors (Lipinski definition) is 6. The fourth-order valence-electron chi connectivity index (χ4n) is 3.94. The summed E-state index contributed by atoms with van der Waals surface area (Å²) in [7, 11) is 2.03. The van der Waals surface area contributed by atoms with E-state index in [1.807, 2.05) is 37.4 Å². The van der Waals surface area contributed by atoms with Gasteiger partial charge in [0.15, 0.2) is 0 Å². The molecule has 1 aromatic heterocycles. The normalized spacial score (nSPS) is 16.6. The molecule has 1 N–H and O–H groups in total. The Hall–Kier alpha value is -2.90. The maximum atomic E-state index is 12.7. The number of nitrogens with zero attached hydrogens (tertiary/aromatic N) is 4. The van der Waals surface area contributed by atoms with Gasteiger partial charge in [0.2, 0.25) is 17.6 Å². The van der Waals surface area contributed by atoms with Gasteiger partial charge >= 0.3 is 0 Å². The molecule has 1 aliphatic rings. The number of amides is 1. The van der Waals surface area contributed by atoms with E-state index in [0.29, 0.717) is 36.4 Å². The Balaban J connectivity index is 1.25. The molecule has 7 nitrogen and oxygen atoms in total. The Bertz CT molecular complexity index is 1010. The fourth-order valence-corrected chi connectivity index (χ4v) is 4.07. The van der Waals surface area contributed by atoms with Crippen molar-refractivity contribution in [2.24, 2.45) is 5.92 Å². The molecule has 1 aliphatic heterocycles. The summed E-state index contributed by atoms with van der Waals surface area (Å²) in [5.74, 6) is 1.19. The maximum Gasteiger partial charge on any atom is 0.241 e. The second kappa shape index (κ2) is 10.6. The van der Waals surface area contributed by atoms with Gasteiger partial charge in [-0.05, 0) is 55.8 Å². The molecule has 32 heavy (non-hydrogen) atoms. The highest BCUT2D eigenvalue weighted by Crippen LogP contribution is 2.21. The van der Waals surface area contributed by atoms with Crippen LogP contribution in [0.2, 0.25) is 5.02 Å². The Morgan fingerprint density at radius 3 is 2.78 bits per heavy atom. The van der Waals surface area contributed by atoms with Crippen molar-refractivity contribution in [3.05, 3.63) is 65.5 Å². The highest BCUT2D eigenvalue weighted by atomic mass is 35.5. The van der Waals surface area contributed by atoms with Crippen molar-refractivity contribution in [2.45, 2.75) is 19.4 Å². The van der Waals surface area contributed by atoms with Crippen molar-refractivity contribution in [3.63, 3.8) is 0 Å². The largest absolute Gasteiger partial charge is 0.373 e. The predicted molar refractivity (Wildman–Crippen MR) is 125 cm³/mol.